The Balaban J connectivity index is 1.24. The maximum Gasteiger partial charge on any atom is 0.160 e. The Morgan fingerprint density at radius 2 is 0.400 bits per heavy atom. The van der Waals surface area contributed by atoms with E-state index in [1.165, 1.54) is 0 Å². The number of nitrogens with zero attached hydrogens (tertiary/aromatic N) is 4. The number of benzene rings is 7. The van der Waals surface area contributed by atoms with Crippen molar-refractivity contribution in [3.05, 3.63) is 231 Å². The van der Waals surface area contributed by atoms with E-state index in [-0.39, 0.29) is 0 Å². The summed E-state index contributed by atoms with van der Waals surface area (Å²) in [6.45, 7) is 0. The van der Waals surface area contributed by atoms with Crippen LogP contribution in [0.25, 0.3) is 101 Å². The van der Waals surface area contributed by atoms with E-state index >= 15 is 0 Å². The summed E-state index contributed by atoms with van der Waals surface area (Å²) in [6.07, 6.45) is 0. The maximum atomic E-state index is 5.29. The summed E-state index contributed by atoms with van der Waals surface area (Å²) < 4.78 is 0. The molecule has 0 amide bonds. The minimum atomic E-state index is 0.669. The van der Waals surface area contributed by atoms with Crippen molar-refractivity contribution in [3.8, 4) is 101 Å². The molecule has 0 saturated heterocycles. The largest absolute Gasteiger partial charge is 0.248 e. The summed E-state index contributed by atoms with van der Waals surface area (Å²) in [5.74, 6) is 0.669. The van der Waals surface area contributed by atoms with Crippen LogP contribution in [0.4, 0.5) is 0 Å². The fraction of sp³-hybridized carbons (Fsp3) is 0. The van der Waals surface area contributed by atoms with E-state index in [0.29, 0.717) is 5.82 Å². The van der Waals surface area contributed by atoms with Crippen LogP contribution in [0, 0.1) is 0 Å². The third kappa shape index (κ3) is 7.78. The molecule has 282 valence electrons. The van der Waals surface area contributed by atoms with Crippen molar-refractivity contribution in [1.29, 1.82) is 0 Å². The molecule has 0 aliphatic rings. The highest BCUT2D eigenvalue weighted by Crippen LogP contribution is 2.39. The van der Waals surface area contributed by atoms with Crippen LogP contribution < -0.4 is 0 Å². The van der Waals surface area contributed by atoms with Gasteiger partial charge in [-0.05, 0) is 70.8 Å². The lowest BCUT2D eigenvalue weighted by atomic mass is 9.92. The predicted molar refractivity (Wildman–Crippen MR) is 247 cm³/mol. The summed E-state index contributed by atoms with van der Waals surface area (Å²) in [5.41, 5.74) is 16.6. The molecule has 10 rings (SSSR count). The highest BCUT2D eigenvalue weighted by atomic mass is 14.9. The van der Waals surface area contributed by atoms with E-state index in [0.717, 1.165) is 95.4 Å². The van der Waals surface area contributed by atoms with Crippen LogP contribution in [0.15, 0.2) is 231 Å². The molecule has 0 unspecified atom stereocenters. The van der Waals surface area contributed by atoms with Crippen molar-refractivity contribution < 1.29 is 0 Å². The molecular weight excluding hydrogens is 729 g/mol. The molecule has 0 radical (unpaired) electrons. The van der Waals surface area contributed by atoms with Gasteiger partial charge in [-0.25, -0.2) is 19.9 Å². The molecule has 10 aromatic rings. The van der Waals surface area contributed by atoms with Gasteiger partial charge < -0.3 is 0 Å². The summed E-state index contributed by atoms with van der Waals surface area (Å²) in [5, 5.41) is 0. The van der Waals surface area contributed by atoms with Crippen molar-refractivity contribution >= 4 is 0 Å². The number of pyridine rings is 2. The normalized spacial score (nSPS) is 11.0. The molecule has 0 spiro atoms. The van der Waals surface area contributed by atoms with Gasteiger partial charge in [0.05, 0.1) is 34.2 Å². The first-order valence-electron chi connectivity index (χ1n) is 20.1. The van der Waals surface area contributed by atoms with Crippen molar-refractivity contribution in [3.63, 3.8) is 0 Å². The zero-order valence-corrected chi connectivity index (χ0v) is 32.7. The average molecular weight is 767 g/mol. The lowest BCUT2D eigenvalue weighted by molar-refractivity contribution is 1.18. The average Bonchev–Trinajstić information content (AvgIpc) is 3.35. The minimum Gasteiger partial charge on any atom is -0.248 e. The van der Waals surface area contributed by atoms with Crippen LogP contribution in [0.2, 0.25) is 0 Å². The van der Waals surface area contributed by atoms with Crippen molar-refractivity contribution in [2.24, 2.45) is 0 Å². The first-order valence-corrected chi connectivity index (χ1v) is 20.1. The van der Waals surface area contributed by atoms with Crippen molar-refractivity contribution in [1.82, 2.24) is 19.9 Å². The second-order valence-corrected chi connectivity index (χ2v) is 14.7. The van der Waals surface area contributed by atoms with Crippen LogP contribution in [-0.2, 0) is 0 Å². The number of hydrogen-bond donors (Lipinski definition) is 0. The fourth-order valence-corrected chi connectivity index (χ4v) is 7.60. The Bertz CT molecular complexity index is 2530. The summed E-state index contributed by atoms with van der Waals surface area (Å²) in [7, 11) is 0. The summed E-state index contributed by atoms with van der Waals surface area (Å²) in [6, 6.07) is 79.9. The van der Waals surface area contributed by atoms with Gasteiger partial charge >= 0.3 is 0 Å². The second-order valence-electron chi connectivity index (χ2n) is 14.7. The third-order valence-electron chi connectivity index (χ3n) is 10.7. The van der Waals surface area contributed by atoms with Gasteiger partial charge in [-0.1, -0.05) is 182 Å². The Labute approximate surface area is 350 Å². The van der Waals surface area contributed by atoms with Crippen LogP contribution in [-0.4, -0.2) is 19.9 Å². The molecule has 4 nitrogen and oxygen atoms in total. The number of aromatic nitrogens is 4. The Kier molecular flexibility index (Phi) is 9.92. The van der Waals surface area contributed by atoms with Crippen LogP contribution in [0.1, 0.15) is 0 Å². The molecule has 60 heavy (non-hydrogen) atoms. The number of hydrogen-bond acceptors (Lipinski definition) is 4. The Morgan fingerprint density at radius 3 is 0.717 bits per heavy atom. The smallest absolute Gasteiger partial charge is 0.160 e. The van der Waals surface area contributed by atoms with Gasteiger partial charge in [-0.15, -0.1) is 0 Å². The summed E-state index contributed by atoms with van der Waals surface area (Å²) >= 11 is 0. The quantitative estimate of drug-likeness (QED) is 0.147. The van der Waals surface area contributed by atoms with Crippen LogP contribution in [0.5, 0.6) is 0 Å². The summed E-state index contributed by atoms with van der Waals surface area (Å²) in [4.78, 5) is 20.8. The van der Waals surface area contributed by atoms with E-state index in [9.17, 15) is 0 Å². The van der Waals surface area contributed by atoms with E-state index in [2.05, 4.69) is 170 Å². The van der Waals surface area contributed by atoms with Gasteiger partial charge in [0.1, 0.15) is 0 Å². The second kappa shape index (κ2) is 16.4. The molecule has 4 heteroatoms. The highest BCUT2D eigenvalue weighted by Gasteiger charge is 2.17. The Hall–Kier alpha value is -8.08. The van der Waals surface area contributed by atoms with E-state index < -0.39 is 0 Å². The molecule has 0 aliphatic carbocycles. The number of rotatable bonds is 9. The molecule has 3 heterocycles. The first kappa shape index (κ1) is 36.3. The van der Waals surface area contributed by atoms with E-state index in [4.69, 9.17) is 19.9 Å². The molecule has 7 aromatic carbocycles. The van der Waals surface area contributed by atoms with Gasteiger partial charge in [0.25, 0.3) is 0 Å². The van der Waals surface area contributed by atoms with E-state index in [1.54, 1.807) is 0 Å². The third-order valence-corrected chi connectivity index (χ3v) is 10.7. The van der Waals surface area contributed by atoms with Gasteiger partial charge in [0.2, 0.25) is 0 Å². The molecule has 0 aliphatic heterocycles. The molecule has 0 bridgehead atoms. The minimum absolute atomic E-state index is 0.669. The molecule has 0 N–H and O–H groups in total. The Morgan fingerprint density at radius 1 is 0.167 bits per heavy atom. The molecule has 0 saturated carbocycles. The fourth-order valence-electron chi connectivity index (χ4n) is 7.60. The molecular formula is C56H38N4. The predicted octanol–water partition coefficient (Wildman–Crippen LogP) is 14.3. The van der Waals surface area contributed by atoms with Gasteiger partial charge in [0.15, 0.2) is 5.82 Å². The van der Waals surface area contributed by atoms with Crippen molar-refractivity contribution in [2.75, 3.05) is 0 Å². The first-order chi connectivity index (χ1) is 29.7. The van der Waals surface area contributed by atoms with Gasteiger partial charge in [-0.3, -0.25) is 0 Å². The lowest BCUT2D eigenvalue weighted by Gasteiger charge is -2.16. The molecule has 0 atom stereocenters. The molecule has 0 fully saturated rings. The maximum absolute atomic E-state index is 5.29. The zero-order valence-electron chi connectivity index (χ0n) is 32.7. The topological polar surface area (TPSA) is 51.6 Å². The van der Waals surface area contributed by atoms with Crippen molar-refractivity contribution in [2.45, 2.75) is 0 Å². The monoisotopic (exact) mass is 766 g/mol. The van der Waals surface area contributed by atoms with Gasteiger partial charge in [0, 0.05) is 38.9 Å². The van der Waals surface area contributed by atoms with Crippen LogP contribution >= 0.6 is 0 Å². The van der Waals surface area contributed by atoms with E-state index in [1.807, 2.05) is 60.7 Å². The highest BCUT2D eigenvalue weighted by molar-refractivity contribution is 5.86. The van der Waals surface area contributed by atoms with Gasteiger partial charge in [-0.2, -0.15) is 0 Å². The lowest BCUT2D eigenvalue weighted by Crippen LogP contribution is -1.97. The molecule has 3 aromatic heterocycles. The zero-order chi connectivity index (χ0) is 40.1. The van der Waals surface area contributed by atoms with Crippen LogP contribution in [0.3, 0.4) is 0 Å². The SMILES string of the molecule is c1ccc(-c2cc(-c3cc(-c4cc(-c5ccccc5)nc(-c5ccccc5)c4)cc(-c4cc(-c5ccccc5)nc(-c5ccccc5)n4)c3)cc(-c3ccccc3)n2)cc1. The standard InChI is InChI=1S/C56H38N4/c1-7-19-39(20-8-1)50-34-47(35-51(57-50)40-21-9-2-10-22-40)45-31-46(48-36-52(41-23-11-3-12-24-41)58-53(37-48)42-25-13-4-14-26-42)33-49(32-45)55-38-54(43-27-15-5-16-28-43)59-56(60-55)44-29-17-6-18-30-44/h1-38H.